The van der Waals surface area contributed by atoms with E-state index in [1.165, 1.54) is 0 Å². The molecule has 0 saturated heterocycles. The lowest BCUT2D eigenvalue weighted by Crippen LogP contribution is -2.22. The molecule has 0 atom stereocenters. The second-order valence-electron chi connectivity index (χ2n) is 4.99. The molecule has 2 aromatic carbocycles. The van der Waals surface area contributed by atoms with E-state index >= 15 is 0 Å². The summed E-state index contributed by atoms with van der Waals surface area (Å²) in [6.45, 7) is 2.33. The van der Waals surface area contributed by atoms with Crippen LogP contribution >= 0.6 is 23.2 Å². The Morgan fingerprint density at radius 2 is 2.00 bits per heavy atom. The number of hydrogen-bond acceptors (Lipinski definition) is 2. The number of fused-ring (bicyclic) bond motifs is 1. The van der Waals surface area contributed by atoms with Gasteiger partial charge in [-0.1, -0.05) is 29.3 Å². The monoisotopic (exact) mass is 333 g/mol. The maximum Gasteiger partial charge on any atom is 0.251 e. The molecule has 0 aliphatic carbocycles. The Bertz CT molecular complexity index is 858. The Morgan fingerprint density at radius 1 is 1.18 bits per heavy atom. The minimum atomic E-state index is -0.195. The van der Waals surface area contributed by atoms with E-state index in [0.717, 1.165) is 22.4 Å². The van der Waals surface area contributed by atoms with Gasteiger partial charge in [0.25, 0.3) is 5.91 Å². The van der Waals surface area contributed by atoms with Gasteiger partial charge in [-0.2, -0.15) is 0 Å². The zero-order valence-electron chi connectivity index (χ0n) is 11.8. The summed E-state index contributed by atoms with van der Waals surface area (Å²) in [6.07, 6.45) is 0. The van der Waals surface area contributed by atoms with Gasteiger partial charge < -0.3 is 10.3 Å². The van der Waals surface area contributed by atoms with Gasteiger partial charge in [0.15, 0.2) is 0 Å². The Kier molecular flexibility index (Phi) is 4.05. The van der Waals surface area contributed by atoms with Gasteiger partial charge in [-0.05, 0) is 42.8 Å². The number of nitrogens with one attached hydrogen (secondary N) is 2. The minimum Gasteiger partial charge on any atom is -0.348 e. The van der Waals surface area contributed by atoms with Crippen LogP contribution in [0.1, 0.15) is 21.7 Å². The van der Waals surface area contributed by atoms with Crippen LogP contribution in [-0.2, 0) is 6.54 Å². The lowest BCUT2D eigenvalue weighted by Gasteiger charge is -2.06. The number of carbonyl (C=O) groups is 1. The normalized spacial score (nSPS) is 10.9. The van der Waals surface area contributed by atoms with Crippen LogP contribution in [0, 0.1) is 6.92 Å². The molecule has 3 aromatic rings. The third-order valence-electron chi connectivity index (χ3n) is 3.30. The first-order valence-corrected chi connectivity index (χ1v) is 7.47. The first-order valence-electron chi connectivity index (χ1n) is 6.71. The predicted molar refractivity (Wildman–Crippen MR) is 88.5 cm³/mol. The van der Waals surface area contributed by atoms with Crippen molar-refractivity contribution >= 4 is 40.1 Å². The van der Waals surface area contributed by atoms with Crippen LogP contribution in [0.5, 0.6) is 0 Å². The van der Waals surface area contributed by atoms with E-state index in [9.17, 15) is 4.79 Å². The summed E-state index contributed by atoms with van der Waals surface area (Å²) in [7, 11) is 0. The second kappa shape index (κ2) is 5.99. The molecule has 22 heavy (non-hydrogen) atoms. The van der Waals surface area contributed by atoms with Crippen molar-refractivity contribution in [1.82, 2.24) is 15.3 Å². The highest BCUT2D eigenvalue weighted by Crippen LogP contribution is 2.22. The first kappa shape index (κ1) is 14.9. The summed E-state index contributed by atoms with van der Waals surface area (Å²) in [5.41, 5.74) is 3.34. The predicted octanol–water partition coefficient (Wildman–Crippen LogP) is 4.11. The highest BCUT2D eigenvalue weighted by molar-refractivity contribution is 6.42. The third kappa shape index (κ3) is 3.08. The van der Waals surface area contributed by atoms with Crippen LogP contribution in [-0.4, -0.2) is 15.9 Å². The molecule has 0 saturated carbocycles. The number of amides is 1. The number of aryl methyl sites for hydroxylation is 1. The minimum absolute atomic E-state index is 0.195. The van der Waals surface area contributed by atoms with Gasteiger partial charge in [0.1, 0.15) is 5.82 Å². The molecule has 3 rings (SSSR count). The first-order chi connectivity index (χ1) is 10.5. The van der Waals surface area contributed by atoms with Gasteiger partial charge in [0, 0.05) is 12.1 Å². The molecule has 4 nitrogen and oxygen atoms in total. The van der Waals surface area contributed by atoms with Crippen molar-refractivity contribution in [2.75, 3.05) is 0 Å². The molecule has 0 bridgehead atoms. The molecule has 1 amide bonds. The quantitative estimate of drug-likeness (QED) is 0.757. The van der Waals surface area contributed by atoms with Crippen molar-refractivity contribution in [2.24, 2.45) is 0 Å². The number of carbonyl (C=O) groups excluding carboxylic acids is 1. The fourth-order valence-electron chi connectivity index (χ4n) is 2.22. The van der Waals surface area contributed by atoms with Gasteiger partial charge in [-0.25, -0.2) is 4.98 Å². The van der Waals surface area contributed by atoms with Crippen LogP contribution in [0.2, 0.25) is 10.0 Å². The largest absolute Gasteiger partial charge is 0.348 e. The smallest absolute Gasteiger partial charge is 0.251 e. The maximum atomic E-state index is 12.1. The summed E-state index contributed by atoms with van der Waals surface area (Å²) < 4.78 is 0. The van der Waals surface area contributed by atoms with E-state index in [0.29, 0.717) is 22.2 Å². The number of nitrogens with zero attached hydrogens (tertiary/aromatic N) is 1. The number of rotatable bonds is 3. The van der Waals surface area contributed by atoms with Crippen LogP contribution < -0.4 is 5.32 Å². The van der Waals surface area contributed by atoms with Crippen molar-refractivity contribution in [2.45, 2.75) is 13.5 Å². The molecular weight excluding hydrogens is 321 g/mol. The summed E-state index contributed by atoms with van der Waals surface area (Å²) in [5, 5.41) is 3.65. The van der Waals surface area contributed by atoms with E-state index in [-0.39, 0.29) is 5.91 Å². The highest BCUT2D eigenvalue weighted by Gasteiger charge is 2.08. The van der Waals surface area contributed by atoms with Gasteiger partial charge in [0.05, 0.1) is 21.1 Å². The number of imidazole rings is 1. The molecular formula is C16H13Cl2N3O. The molecule has 1 heterocycles. The summed E-state index contributed by atoms with van der Waals surface area (Å²) in [4.78, 5) is 19.6. The van der Waals surface area contributed by atoms with Gasteiger partial charge >= 0.3 is 0 Å². The lowest BCUT2D eigenvalue weighted by atomic mass is 10.1. The number of aromatic amines is 1. The number of benzene rings is 2. The fraction of sp³-hybridized carbons (Fsp3) is 0.125. The number of H-pyrrole nitrogens is 1. The Labute approximate surface area is 137 Å². The van der Waals surface area contributed by atoms with Crippen LogP contribution in [0.3, 0.4) is 0 Å². The van der Waals surface area contributed by atoms with E-state index in [2.05, 4.69) is 15.3 Å². The average Bonchev–Trinajstić information content (AvgIpc) is 2.86. The molecule has 0 unspecified atom stereocenters. The molecule has 6 heteroatoms. The van der Waals surface area contributed by atoms with Crippen LogP contribution in [0.15, 0.2) is 36.4 Å². The molecule has 0 spiro atoms. The van der Waals surface area contributed by atoms with Crippen molar-refractivity contribution < 1.29 is 4.79 Å². The number of halogens is 2. The number of hydrogen-bond donors (Lipinski definition) is 2. The molecule has 112 valence electrons. The zero-order chi connectivity index (χ0) is 15.7. The van der Waals surface area contributed by atoms with Crippen molar-refractivity contribution in [3.63, 3.8) is 0 Å². The van der Waals surface area contributed by atoms with E-state index in [1.807, 2.05) is 25.1 Å². The summed E-state index contributed by atoms with van der Waals surface area (Å²) in [6, 6.07) is 10.7. The molecule has 0 fully saturated rings. The molecule has 0 aliphatic rings. The molecule has 1 aromatic heterocycles. The standard InChI is InChI=1S/C16H13Cl2N3O/c1-9-20-14-5-2-10(6-15(14)21-9)8-19-16(22)11-3-4-12(17)13(18)7-11/h2-7H,8H2,1H3,(H,19,22)(H,20,21). The third-order valence-corrected chi connectivity index (χ3v) is 4.04. The number of aromatic nitrogens is 2. The fourth-order valence-corrected chi connectivity index (χ4v) is 2.51. The van der Waals surface area contributed by atoms with E-state index < -0.39 is 0 Å². The highest BCUT2D eigenvalue weighted by atomic mass is 35.5. The van der Waals surface area contributed by atoms with Gasteiger partial charge in [-0.15, -0.1) is 0 Å². The van der Waals surface area contributed by atoms with Gasteiger partial charge in [-0.3, -0.25) is 4.79 Å². The van der Waals surface area contributed by atoms with Crippen LogP contribution in [0.25, 0.3) is 11.0 Å². The van der Waals surface area contributed by atoms with Crippen molar-refractivity contribution in [3.05, 3.63) is 63.4 Å². The summed E-state index contributed by atoms with van der Waals surface area (Å²) in [5.74, 6) is 0.673. The molecule has 0 radical (unpaired) electrons. The average molecular weight is 334 g/mol. The Hall–Kier alpha value is -2.04. The Balaban J connectivity index is 1.72. The van der Waals surface area contributed by atoms with Crippen molar-refractivity contribution in [3.8, 4) is 0 Å². The molecule has 2 N–H and O–H groups in total. The van der Waals surface area contributed by atoms with E-state index in [1.54, 1.807) is 18.2 Å². The van der Waals surface area contributed by atoms with E-state index in [4.69, 9.17) is 23.2 Å². The molecule has 0 aliphatic heterocycles. The second-order valence-corrected chi connectivity index (χ2v) is 5.80. The van der Waals surface area contributed by atoms with Crippen molar-refractivity contribution in [1.29, 1.82) is 0 Å². The van der Waals surface area contributed by atoms with Gasteiger partial charge in [0.2, 0.25) is 0 Å². The lowest BCUT2D eigenvalue weighted by molar-refractivity contribution is 0.0951. The zero-order valence-corrected chi connectivity index (χ0v) is 13.3. The topological polar surface area (TPSA) is 57.8 Å². The SMILES string of the molecule is Cc1nc2ccc(CNC(=O)c3ccc(Cl)c(Cl)c3)cc2[nH]1. The maximum absolute atomic E-state index is 12.1. The summed E-state index contributed by atoms with van der Waals surface area (Å²) >= 11 is 11.8. The van der Waals surface area contributed by atoms with Crippen LogP contribution in [0.4, 0.5) is 0 Å². The Morgan fingerprint density at radius 3 is 2.77 bits per heavy atom.